The zero-order valence-corrected chi connectivity index (χ0v) is 24.6. The van der Waals surface area contributed by atoms with Crippen molar-refractivity contribution in [3.63, 3.8) is 0 Å². The number of rotatable bonds is 10. The van der Waals surface area contributed by atoms with Gasteiger partial charge in [0.15, 0.2) is 0 Å². The van der Waals surface area contributed by atoms with Crippen LogP contribution in [0.1, 0.15) is 61.3 Å². The van der Waals surface area contributed by atoms with E-state index in [9.17, 15) is 4.79 Å². The molecule has 2 saturated heterocycles. The van der Waals surface area contributed by atoms with Gasteiger partial charge in [0.2, 0.25) is 0 Å². The second-order valence-electron chi connectivity index (χ2n) is 11.0. The van der Waals surface area contributed by atoms with E-state index in [-0.39, 0.29) is 12.0 Å². The first-order valence-electron chi connectivity index (χ1n) is 14.3. The first kappa shape index (κ1) is 30.8. The topological polar surface area (TPSA) is 56.3 Å². The monoisotopic (exact) mass is 545 g/mol. The van der Waals surface area contributed by atoms with Crippen LogP contribution in [-0.2, 0) is 4.79 Å². The molecule has 0 amide bonds. The molecule has 7 heteroatoms. The zero-order valence-electron chi connectivity index (χ0n) is 23.9. The number of carbonyl (C=O) groups excluding carboxylic acids is 1. The number of nitrogens with zero attached hydrogens (tertiary/aromatic N) is 3. The molecule has 2 fully saturated rings. The predicted octanol–water partition coefficient (Wildman–Crippen LogP) is 4.91. The fourth-order valence-electron chi connectivity index (χ4n) is 5.72. The van der Waals surface area contributed by atoms with Crippen LogP contribution in [0.5, 0.6) is 5.75 Å². The number of allylic oxidation sites excluding steroid dienone is 4. The van der Waals surface area contributed by atoms with Crippen molar-refractivity contribution in [1.82, 2.24) is 14.7 Å². The standard InChI is InChI=1S/C24H41N3O2.C7H7ClO/c1-19-20(2)24(29-17-6-5-12-25(3)15-16-28)11-10-22(19)23-9-7-8-21-18-26(4)13-14-27(21)23;8-7-3-1-6(5-9)2-4-7/h10-11,21,23,28H,5-9,12-18H2,1-4H3;1-3,5,7H,4H2. The van der Waals surface area contributed by atoms with Crippen LogP contribution in [0.2, 0.25) is 0 Å². The third-order valence-corrected chi connectivity index (χ3v) is 8.49. The molecule has 1 aromatic carbocycles. The van der Waals surface area contributed by atoms with Crippen LogP contribution in [-0.4, -0.2) is 97.5 Å². The lowest BCUT2D eigenvalue weighted by atomic mass is 9.86. The third-order valence-electron chi connectivity index (χ3n) is 8.17. The molecule has 1 aromatic rings. The highest BCUT2D eigenvalue weighted by molar-refractivity contribution is 6.22. The fraction of sp³-hybridized carbons (Fsp3) is 0.645. The molecule has 1 N–H and O–H groups in total. The van der Waals surface area contributed by atoms with Crippen molar-refractivity contribution in [2.75, 3.05) is 60.0 Å². The van der Waals surface area contributed by atoms with E-state index < -0.39 is 0 Å². The molecule has 2 aliphatic heterocycles. The molecular weight excluding hydrogens is 498 g/mol. The molecule has 4 rings (SSSR count). The Morgan fingerprint density at radius 1 is 1.16 bits per heavy atom. The number of aldehydes is 1. The summed E-state index contributed by atoms with van der Waals surface area (Å²) in [7, 11) is 4.31. The van der Waals surface area contributed by atoms with Crippen molar-refractivity contribution in [3.05, 3.63) is 52.6 Å². The molecule has 38 heavy (non-hydrogen) atoms. The van der Waals surface area contributed by atoms with Gasteiger partial charge in [0, 0.05) is 43.8 Å². The van der Waals surface area contributed by atoms with Gasteiger partial charge in [0.1, 0.15) is 12.0 Å². The number of piperidine rings is 1. The van der Waals surface area contributed by atoms with Gasteiger partial charge < -0.3 is 19.6 Å². The minimum absolute atomic E-state index is 0.0775. The zero-order chi connectivity index (χ0) is 27.5. The van der Waals surface area contributed by atoms with Crippen molar-refractivity contribution in [1.29, 1.82) is 0 Å². The summed E-state index contributed by atoms with van der Waals surface area (Å²) in [5.74, 6) is 1.04. The number of hydrogen-bond acceptors (Lipinski definition) is 6. The third kappa shape index (κ3) is 8.92. The van der Waals surface area contributed by atoms with Crippen LogP contribution in [0.4, 0.5) is 0 Å². The number of aliphatic hydroxyl groups is 1. The highest BCUT2D eigenvalue weighted by Crippen LogP contribution is 2.39. The Kier molecular flexibility index (Phi) is 12.8. The number of carbonyl (C=O) groups is 1. The van der Waals surface area contributed by atoms with Crippen LogP contribution >= 0.6 is 11.6 Å². The van der Waals surface area contributed by atoms with Crippen molar-refractivity contribution in [2.24, 2.45) is 0 Å². The van der Waals surface area contributed by atoms with E-state index in [1.54, 1.807) is 6.08 Å². The highest BCUT2D eigenvalue weighted by atomic mass is 35.5. The lowest BCUT2D eigenvalue weighted by Crippen LogP contribution is -2.54. The average Bonchev–Trinajstić information content (AvgIpc) is 2.91. The molecule has 2 heterocycles. The molecule has 0 radical (unpaired) electrons. The summed E-state index contributed by atoms with van der Waals surface area (Å²) in [5, 5.41) is 9.04. The number of likely N-dealkylation sites (N-methyl/N-ethyl adjacent to an activating group) is 2. The molecule has 0 spiro atoms. The maximum atomic E-state index is 10.1. The number of aliphatic hydroxyl groups excluding tert-OH is 1. The summed E-state index contributed by atoms with van der Waals surface area (Å²) >= 11 is 5.69. The van der Waals surface area contributed by atoms with E-state index in [0.29, 0.717) is 12.1 Å². The van der Waals surface area contributed by atoms with Gasteiger partial charge in [0.05, 0.1) is 18.6 Å². The molecular formula is C31H48ClN3O3. The molecule has 1 aliphatic carbocycles. The minimum atomic E-state index is 0.0775. The van der Waals surface area contributed by atoms with Crippen LogP contribution in [0.15, 0.2) is 35.9 Å². The largest absolute Gasteiger partial charge is 0.493 e. The van der Waals surface area contributed by atoms with Crippen molar-refractivity contribution in [3.8, 4) is 5.75 Å². The summed E-state index contributed by atoms with van der Waals surface area (Å²) in [6.45, 7) is 10.8. The Morgan fingerprint density at radius 2 is 1.97 bits per heavy atom. The number of ether oxygens (including phenoxy) is 1. The van der Waals surface area contributed by atoms with Crippen LogP contribution in [0, 0.1) is 13.8 Å². The molecule has 0 saturated carbocycles. The Labute approximate surface area is 235 Å². The number of piperazine rings is 1. The van der Waals surface area contributed by atoms with Gasteiger partial charge in [-0.3, -0.25) is 9.69 Å². The Balaban J connectivity index is 0.000000375. The number of hydrogen-bond donors (Lipinski definition) is 1. The smallest absolute Gasteiger partial charge is 0.149 e. The predicted molar refractivity (Wildman–Crippen MR) is 157 cm³/mol. The van der Waals surface area contributed by atoms with E-state index in [1.165, 1.54) is 55.6 Å². The Hall–Kier alpha value is -1.70. The fourth-order valence-corrected chi connectivity index (χ4v) is 5.88. The second-order valence-corrected chi connectivity index (χ2v) is 11.6. The number of halogens is 1. The van der Waals surface area contributed by atoms with Crippen LogP contribution in [0.25, 0.3) is 0 Å². The lowest BCUT2D eigenvalue weighted by Gasteiger charge is -2.48. The van der Waals surface area contributed by atoms with Gasteiger partial charge >= 0.3 is 0 Å². The van der Waals surface area contributed by atoms with Gasteiger partial charge in [-0.2, -0.15) is 0 Å². The van der Waals surface area contributed by atoms with Gasteiger partial charge in [0.25, 0.3) is 0 Å². The van der Waals surface area contributed by atoms with Crippen molar-refractivity contribution >= 4 is 17.9 Å². The molecule has 0 aromatic heterocycles. The lowest BCUT2D eigenvalue weighted by molar-refractivity contribution is -0.104. The van der Waals surface area contributed by atoms with E-state index >= 15 is 0 Å². The molecule has 3 unspecified atom stereocenters. The number of fused-ring (bicyclic) bond motifs is 1. The normalized spacial score (nSPS) is 23.9. The van der Waals surface area contributed by atoms with Gasteiger partial charge in [-0.05, 0) is 95.8 Å². The minimum Gasteiger partial charge on any atom is -0.493 e. The van der Waals surface area contributed by atoms with Crippen LogP contribution in [0.3, 0.4) is 0 Å². The molecule has 0 bridgehead atoms. The Bertz CT molecular complexity index is 951. The average molecular weight is 546 g/mol. The van der Waals surface area contributed by atoms with Crippen molar-refractivity contribution in [2.45, 2.75) is 69.8 Å². The number of benzene rings is 1. The summed E-state index contributed by atoms with van der Waals surface area (Å²) in [6, 6.07) is 5.82. The number of alkyl halides is 1. The van der Waals surface area contributed by atoms with Gasteiger partial charge in [-0.25, -0.2) is 0 Å². The maximum absolute atomic E-state index is 10.1. The molecule has 6 nitrogen and oxygen atoms in total. The SMILES string of the molecule is Cc1c(OCCCCN(C)CCO)ccc(C2CCCC3CN(C)CCN32)c1C.O=CC1=CCC(Cl)C=C1. The van der Waals surface area contributed by atoms with E-state index in [2.05, 4.69) is 54.8 Å². The van der Waals surface area contributed by atoms with Crippen molar-refractivity contribution < 1.29 is 14.6 Å². The molecule has 3 aliphatic rings. The quantitative estimate of drug-likeness (QED) is 0.256. The summed E-state index contributed by atoms with van der Waals surface area (Å²) in [4.78, 5) is 17.5. The highest BCUT2D eigenvalue weighted by Gasteiger charge is 2.35. The first-order valence-corrected chi connectivity index (χ1v) is 14.7. The molecule has 3 atom stereocenters. The van der Waals surface area contributed by atoms with E-state index in [1.807, 2.05) is 12.2 Å². The summed E-state index contributed by atoms with van der Waals surface area (Å²) in [5.41, 5.74) is 4.95. The van der Waals surface area contributed by atoms with Gasteiger partial charge in [-0.15, -0.1) is 11.6 Å². The summed E-state index contributed by atoms with van der Waals surface area (Å²) in [6.07, 6.45) is 13.1. The maximum Gasteiger partial charge on any atom is 0.149 e. The molecule has 212 valence electrons. The van der Waals surface area contributed by atoms with E-state index in [4.69, 9.17) is 21.4 Å². The van der Waals surface area contributed by atoms with Gasteiger partial charge in [-0.1, -0.05) is 24.3 Å². The summed E-state index contributed by atoms with van der Waals surface area (Å²) < 4.78 is 6.13. The first-order chi connectivity index (χ1) is 18.3. The van der Waals surface area contributed by atoms with Crippen LogP contribution < -0.4 is 4.74 Å². The van der Waals surface area contributed by atoms with E-state index in [0.717, 1.165) is 56.6 Å². The number of unbranched alkanes of at least 4 members (excludes halogenated alkanes) is 1. The Morgan fingerprint density at radius 3 is 2.68 bits per heavy atom. The second kappa shape index (κ2) is 15.8.